The first-order valence-electron chi connectivity index (χ1n) is 17.9. The summed E-state index contributed by atoms with van der Waals surface area (Å²) in [5.74, 6) is -4.05. The van der Waals surface area contributed by atoms with Gasteiger partial charge in [-0.1, -0.05) is 51.0 Å². The number of rotatable bonds is 8. The van der Waals surface area contributed by atoms with Crippen LogP contribution in [0.4, 0.5) is 9.18 Å². The number of benzene rings is 1. The van der Waals surface area contributed by atoms with Crippen molar-refractivity contribution >= 4 is 39.6 Å². The predicted molar refractivity (Wildman–Crippen MR) is 181 cm³/mol. The molecule has 3 fully saturated rings. The van der Waals surface area contributed by atoms with Gasteiger partial charge in [0, 0.05) is 42.2 Å². The first-order chi connectivity index (χ1) is 24.1. The van der Waals surface area contributed by atoms with Crippen LogP contribution in [0.3, 0.4) is 0 Å². The highest BCUT2D eigenvalue weighted by atomic mass is 32.2. The first-order valence-corrected chi connectivity index (χ1v) is 19.4. The van der Waals surface area contributed by atoms with Crippen LogP contribution in [0.2, 0.25) is 0 Å². The zero-order valence-electron chi connectivity index (χ0n) is 29.1. The van der Waals surface area contributed by atoms with Crippen LogP contribution in [0.5, 0.6) is 0 Å². The fourth-order valence-electron chi connectivity index (χ4n) is 7.29. The summed E-state index contributed by atoms with van der Waals surface area (Å²) in [7, 11) is -3.92. The zero-order valence-corrected chi connectivity index (χ0v) is 29.9. The van der Waals surface area contributed by atoms with Gasteiger partial charge in [-0.3, -0.25) is 28.8 Å². The molecule has 2 aliphatic carbocycles. The fourth-order valence-corrected chi connectivity index (χ4v) is 8.66. The normalized spacial score (nSPS) is 29.1. The molecule has 278 valence electrons. The molecule has 0 unspecified atom stereocenters. The molecule has 2 saturated carbocycles. The number of allylic oxidation sites excluding steroid dienone is 1. The molecule has 4 amide bonds. The van der Waals surface area contributed by atoms with E-state index < -0.39 is 86.4 Å². The Balaban J connectivity index is 1.26. The van der Waals surface area contributed by atoms with Crippen LogP contribution in [-0.2, 0) is 47.0 Å². The van der Waals surface area contributed by atoms with Crippen molar-refractivity contribution in [3.05, 3.63) is 47.3 Å². The molecule has 0 radical (unpaired) electrons. The van der Waals surface area contributed by atoms with Gasteiger partial charge < -0.3 is 20.1 Å². The number of halogens is 1. The van der Waals surface area contributed by atoms with E-state index in [0.717, 1.165) is 12.8 Å². The van der Waals surface area contributed by atoms with E-state index in [1.54, 1.807) is 26.0 Å². The highest BCUT2D eigenvalue weighted by Gasteiger charge is 2.62. The summed E-state index contributed by atoms with van der Waals surface area (Å²) in [4.78, 5) is 71.4. The van der Waals surface area contributed by atoms with Gasteiger partial charge in [0.15, 0.2) is 0 Å². The SMILES string of the molecule is CC(C)(CO)C(=O)C[C@H]1CCCCC/C=C\[C@@H]2C[C@@]2(C(=O)NS(=O)(=O)C2CC2)NC(=O)[C@@H]2C[C@@H](OC(=O)N3Cc4cccc(F)c4C3)CN2C1=O. The first kappa shape index (κ1) is 36.9. The quantitative estimate of drug-likeness (QED) is 0.339. The number of amides is 4. The summed E-state index contributed by atoms with van der Waals surface area (Å²) >= 11 is 0. The number of nitrogens with zero attached hydrogens (tertiary/aromatic N) is 2. The summed E-state index contributed by atoms with van der Waals surface area (Å²) < 4.78 is 47.9. The van der Waals surface area contributed by atoms with E-state index in [-0.39, 0.29) is 44.7 Å². The van der Waals surface area contributed by atoms with Gasteiger partial charge in [0.25, 0.3) is 5.91 Å². The van der Waals surface area contributed by atoms with E-state index in [4.69, 9.17) is 4.74 Å². The third-order valence-corrected chi connectivity index (χ3v) is 12.8. The van der Waals surface area contributed by atoms with Crippen molar-refractivity contribution in [1.82, 2.24) is 19.8 Å². The van der Waals surface area contributed by atoms with Crippen LogP contribution in [0.25, 0.3) is 0 Å². The maximum Gasteiger partial charge on any atom is 0.410 e. The number of ether oxygens (including phenoxy) is 1. The summed E-state index contributed by atoms with van der Waals surface area (Å²) in [6.45, 7) is 2.77. The topological polar surface area (TPSA) is 179 Å². The summed E-state index contributed by atoms with van der Waals surface area (Å²) in [6.07, 6.45) is 6.03. The highest BCUT2D eigenvalue weighted by molar-refractivity contribution is 7.91. The van der Waals surface area contributed by atoms with E-state index >= 15 is 0 Å². The summed E-state index contributed by atoms with van der Waals surface area (Å²) in [6, 6.07) is 3.40. The third-order valence-electron chi connectivity index (χ3n) is 11.0. The van der Waals surface area contributed by atoms with Gasteiger partial charge >= 0.3 is 6.09 Å². The van der Waals surface area contributed by atoms with Crippen molar-refractivity contribution in [2.75, 3.05) is 13.2 Å². The minimum Gasteiger partial charge on any atom is -0.444 e. The Morgan fingerprint density at radius 1 is 1.12 bits per heavy atom. The number of hydrogen-bond acceptors (Lipinski definition) is 9. The number of Topliss-reactive ketones (excluding diaryl/α,β-unsaturated/α-hetero) is 1. The molecule has 0 spiro atoms. The molecule has 0 bridgehead atoms. The Hall–Kier alpha value is -3.85. The van der Waals surface area contributed by atoms with Gasteiger partial charge in [0.1, 0.15) is 29.3 Å². The molecule has 15 heteroatoms. The Morgan fingerprint density at radius 2 is 1.88 bits per heavy atom. The third kappa shape index (κ3) is 7.84. The Morgan fingerprint density at radius 3 is 2.59 bits per heavy atom. The van der Waals surface area contributed by atoms with Crippen LogP contribution >= 0.6 is 0 Å². The van der Waals surface area contributed by atoms with Gasteiger partial charge in [0.2, 0.25) is 21.8 Å². The molecule has 6 rings (SSSR count). The van der Waals surface area contributed by atoms with Gasteiger partial charge in [-0.05, 0) is 50.2 Å². The molecule has 13 nitrogen and oxygen atoms in total. The molecule has 0 aromatic heterocycles. The zero-order chi connectivity index (χ0) is 36.7. The largest absolute Gasteiger partial charge is 0.444 e. The predicted octanol–water partition coefficient (Wildman–Crippen LogP) is 2.84. The molecule has 51 heavy (non-hydrogen) atoms. The van der Waals surface area contributed by atoms with E-state index in [1.807, 2.05) is 12.2 Å². The van der Waals surface area contributed by atoms with E-state index in [2.05, 4.69) is 10.0 Å². The number of aliphatic hydroxyl groups is 1. The van der Waals surface area contributed by atoms with Gasteiger partial charge in [-0.15, -0.1) is 0 Å². The van der Waals surface area contributed by atoms with Crippen molar-refractivity contribution in [1.29, 1.82) is 0 Å². The smallest absolute Gasteiger partial charge is 0.410 e. The monoisotopic (exact) mass is 730 g/mol. The number of carbonyl (C=O) groups excluding carboxylic acids is 5. The molecule has 1 aromatic rings. The lowest BCUT2D eigenvalue weighted by atomic mass is 9.82. The Bertz CT molecular complexity index is 1730. The maximum atomic E-state index is 14.4. The van der Waals surface area contributed by atoms with Gasteiger partial charge in [-0.25, -0.2) is 17.6 Å². The van der Waals surface area contributed by atoms with E-state index in [9.17, 15) is 41.9 Å². The average molecular weight is 731 g/mol. The molecular weight excluding hydrogens is 683 g/mol. The fraction of sp³-hybridized carbons (Fsp3) is 0.639. The van der Waals surface area contributed by atoms with Crippen molar-refractivity contribution in [2.45, 2.75) is 114 Å². The molecule has 3 heterocycles. The molecule has 1 saturated heterocycles. The number of hydrogen-bond donors (Lipinski definition) is 3. The van der Waals surface area contributed by atoms with Crippen molar-refractivity contribution < 1.29 is 46.6 Å². The molecule has 5 aliphatic rings. The molecule has 3 N–H and O–H groups in total. The number of ketones is 1. The summed E-state index contributed by atoms with van der Waals surface area (Å²) in [5, 5.41) is 12.0. The molecule has 5 atom stereocenters. The lowest BCUT2D eigenvalue weighted by molar-refractivity contribution is -0.145. The lowest BCUT2D eigenvalue weighted by Gasteiger charge is -2.30. The minimum absolute atomic E-state index is 0.00124. The maximum absolute atomic E-state index is 14.4. The van der Waals surface area contributed by atoms with Crippen LogP contribution in [0.1, 0.15) is 89.2 Å². The van der Waals surface area contributed by atoms with Gasteiger partial charge in [-0.2, -0.15) is 0 Å². The number of sulfonamides is 1. The second-order valence-electron chi connectivity index (χ2n) is 15.4. The Kier molecular flexibility index (Phi) is 10.3. The second-order valence-corrected chi connectivity index (χ2v) is 17.3. The average Bonchev–Trinajstić information content (AvgIpc) is 3.97. The number of carbonyl (C=O) groups is 5. The van der Waals surface area contributed by atoms with Gasteiger partial charge in [0.05, 0.1) is 24.9 Å². The van der Waals surface area contributed by atoms with E-state index in [1.165, 1.54) is 15.9 Å². The molecular formula is C36H47FN4O9S. The number of fused-ring (bicyclic) bond motifs is 3. The standard InChI is InChI=1S/C36H47FN4O9S/c1-35(2,21-42)30(43)15-22-9-6-4-3-5-7-11-24-17-36(24,33(46)39-51(48,49)26-13-14-26)38-31(44)29-16-25(19-41(29)32(22)45)50-34(47)40-18-23-10-8-12-28(37)27(23)20-40/h7-8,10-12,22,24-26,29,42H,3-6,9,13-21H2,1-2H3,(H,38,44)(H,39,46)/b11-7-/t22-,24-,25-,29+,36-/m1/s1. The van der Waals surface area contributed by atoms with Crippen LogP contribution in [0, 0.1) is 23.1 Å². The van der Waals surface area contributed by atoms with Crippen molar-refractivity contribution in [2.24, 2.45) is 17.3 Å². The number of nitrogens with one attached hydrogen (secondary N) is 2. The van der Waals surface area contributed by atoms with Crippen LogP contribution < -0.4 is 10.0 Å². The number of aliphatic hydroxyl groups excluding tert-OH is 1. The van der Waals surface area contributed by atoms with Crippen LogP contribution in [-0.4, -0.2) is 89.0 Å². The van der Waals surface area contributed by atoms with Crippen molar-refractivity contribution in [3.63, 3.8) is 0 Å². The molecule has 3 aliphatic heterocycles. The van der Waals surface area contributed by atoms with Crippen LogP contribution in [0.15, 0.2) is 30.4 Å². The minimum atomic E-state index is -3.92. The second kappa shape index (κ2) is 14.3. The molecule has 1 aromatic carbocycles. The lowest BCUT2D eigenvalue weighted by Crippen LogP contribution is -2.57. The summed E-state index contributed by atoms with van der Waals surface area (Å²) in [5.41, 5.74) is -1.60. The van der Waals surface area contributed by atoms with E-state index in [0.29, 0.717) is 43.2 Å². The van der Waals surface area contributed by atoms with Crippen molar-refractivity contribution in [3.8, 4) is 0 Å². The Labute approximate surface area is 297 Å². The highest BCUT2D eigenvalue weighted by Crippen LogP contribution is 2.46.